The highest BCUT2D eigenvalue weighted by molar-refractivity contribution is 6.02. The van der Waals surface area contributed by atoms with Gasteiger partial charge < -0.3 is 19.6 Å². The van der Waals surface area contributed by atoms with Crippen LogP contribution >= 0.6 is 0 Å². The maximum atomic E-state index is 14.8. The first-order valence-corrected chi connectivity index (χ1v) is 15.6. The molecule has 3 aliphatic rings. The average molecular weight is 610 g/mol. The Bertz CT molecular complexity index is 1620. The van der Waals surface area contributed by atoms with Crippen LogP contribution in [0, 0.1) is 0 Å². The Labute approximate surface area is 263 Å². The van der Waals surface area contributed by atoms with Crippen molar-refractivity contribution in [3.63, 3.8) is 0 Å². The number of aliphatic carboxylic acids is 1. The third kappa shape index (κ3) is 6.03. The summed E-state index contributed by atoms with van der Waals surface area (Å²) in [6.45, 7) is 5.51. The molecule has 3 aromatic rings. The maximum absolute atomic E-state index is 14.8. The van der Waals surface area contributed by atoms with Gasteiger partial charge in [0.05, 0.1) is 5.69 Å². The van der Waals surface area contributed by atoms with E-state index in [2.05, 4.69) is 0 Å². The third-order valence-electron chi connectivity index (χ3n) is 9.02. The van der Waals surface area contributed by atoms with Crippen LogP contribution in [-0.2, 0) is 44.9 Å². The Morgan fingerprint density at radius 2 is 1.38 bits per heavy atom. The molecule has 0 bridgehead atoms. The molecule has 0 spiro atoms. The summed E-state index contributed by atoms with van der Waals surface area (Å²) >= 11 is 0. The quantitative estimate of drug-likeness (QED) is 0.437. The fourth-order valence-corrected chi connectivity index (χ4v) is 7.00. The molecule has 1 saturated heterocycles. The van der Waals surface area contributed by atoms with E-state index in [1.54, 1.807) is 25.7 Å². The van der Waals surface area contributed by atoms with Gasteiger partial charge in [-0.25, -0.2) is 9.59 Å². The van der Waals surface area contributed by atoms with E-state index in [0.29, 0.717) is 31.4 Å². The Morgan fingerprint density at radius 1 is 0.756 bits per heavy atom. The van der Waals surface area contributed by atoms with E-state index in [1.165, 1.54) is 9.80 Å². The molecule has 0 aromatic heterocycles. The number of likely N-dealkylation sites (tertiary alicyclic amines) is 1. The number of fused-ring (bicyclic) bond motifs is 2. The van der Waals surface area contributed by atoms with Gasteiger partial charge in [0.15, 0.2) is 0 Å². The summed E-state index contributed by atoms with van der Waals surface area (Å²) in [5.41, 5.74) is 3.53. The minimum atomic E-state index is -1.07. The molecule has 234 valence electrons. The van der Waals surface area contributed by atoms with Crippen LogP contribution in [-0.4, -0.2) is 68.6 Å². The number of ether oxygens (including phenoxy) is 1. The number of amides is 3. The van der Waals surface area contributed by atoms with Crippen molar-refractivity contribution in [2.24, 2.45) is 0 Å². The molecule has 9 nitrogen and oxygen atoms in total. The lowest BCUT2D eigenvalue weighted by atomic mass is 9.93. The predicted octanol–water partition coefficient (Wildman–Crippen LogP) is 4.99. The summed E-state index contributed by atoms with van der Waals surface area (Å²) in [6, 6.07) is 21.7. The monoisotopic (exact) mass is 609 g/mol. The minimum absolute atomic E-state index is 0.159. The van der Waals surface area contributed by atoms with Gasteiger partial charge in [-0.15, -0.1) is 0 Å². The van der Waals surface area contributed by atoms with Crippen molar-refractivity contribution in [2.75, 3.05) is 4.90 Å². The molecule has 6 rings (SSSR count). The number of carboxylic acids is 1. The number of carbonyl (C=O) groups is 4. The highest BCUT2D eigenvalue weighted by atomic mass is 16.6. The van der Waals surface area contributed by atoms with E-state index >= 15 is 0 Å². The van der Waals surface area contributed by atoms with Gasteiger partial charge in [0.1, 0.15) is 23.7 Å². The van der Waals surface area contributed by atoms with Crippen LogP contribution in [0.3, 0.4) is 0 Å². The summed E-state index contributed by atoms with van der Waals surface area (Å²) < 4.78 is 5.76. The highest BCUT2D eigenvalue weighted by Crippen LogP contribution is 2.38. The summed E-state index contributed by atoms with van der Waals surface area (Å²) in [6.07, 6.45) is 1.39. The Morgan fingerprint density at radius 3 is 2.07 bits per heavy atom. The van der Waals surface area contributed by atoms with E-state index in [9.17, 15) is 24.3 Å². The molecular formula is C36H39N3O6. The van der Waals surface area contributed by atoms with Gasteiger partial charge in [0.2, 0.25) is 11.8 Å². The standard InChI is InChI=1S/C36H39N3O6/c1-36(2,3)45-35(44)39-28-16-10-9-14-25(28)21-30(39)33(41)38-27(19-23-11-5-4-6-12-23)17-18-29(38)32(40)37-22-26-15-8-7-13-24(26)20-31(37)34(42)43/h4-16,27,29-31H,17-22H2,1-3H3,(H,42,43)/t27-,29+,30+,31+/m0/s1. The zero-order valence-electron chi connectivity index (χ0n) is 25.9. The number of hydrogen-bond donors (Lipinski definition) is 1. The summed E-state index contributed by atoms with van der Waals surface area (Å²) in [5, 5.41) is 10.2. The van der Waals surface area contributed by atoms with Crippen LogP contribution in [0.15, 0.2) is 78.9 Å². The molecular weight excluding hydrogens is 570 g/mol. The van der Waals surface area contributed by atoms with Crippen LogP contribution < -0.4 is 4.90 Å². The second kappa shape index (κ2) is 12.0. The van der Waals surface area contributed by atoms with Gasteiger partial charge in [0.25, 0.3) is 0 Å². The smallest absolute Gasteiger partial charge is 0.415 e. The van der Waals surface area contributed by atoms with E-state index < -0.39 is 35.8 Å². The molecule has 45 heavy (non-hydrogen) atoms. The lowest BCUT2D eigenvalue weighted by Gasteiger charge is -2.40. The average Bonchev–Trinajstić information content (AvgIpc) is 3.61. The fourth-order valence-electron chi connectivity index (χ4n) is 7.00. The van der Waals surface area contributed by atoms with Crippen molar-refractivity contribution in [1.29, 1.82) is 0 Å². The first-order valence-electron chi connectivity index (χ1n) is 15.6. The van der Waals surface area contributed by atoms with Crippen molar-refractivity contribution in [1.82, 2.24) is 9.80 Å². The normalized spacial score (nSPS) is 22.5. The molecule has 9 heteroatoms. The molecule has 3 aliphatic heterocycles. The van der Waals surface area contributed by atoms with Crippen molar-refractivity contribution in [3.8, 4) is 0 Å². The predicted molar refractivity (Wildman–Crippen MR) is 169 cm³/mol. The Hall–Kier alpha value is -4.66. The molecule has 0 radical (unpaired) electrons. The molecule has 1 fully saturated rings. The lowest BCUT2D eigenvalue weighted by molar-refractivity contribution is -0.155. The number of para-hydroxylation sites is 1. The molecule has 3 aromatic carbocycles. The van der Waals surface area contributed by atoms with E-state index in [-0.39, 0.29) is 30.8 Å². The Kier molecular flexibility index (Phi) is 8.12. The summed E-state index contributed by atoms with van der Waals surface area (Å²) in [4.78, 5) is 59.8. The number of nitrogens with zero attached hydrogens (tertiary/aromatic N) is 3. The van der Waals surface area contributed by atoms with Gasteiger partial charge in [-0.1, -0.05) is 72.8 Å². The topological polar surface area (TPSA) is 107 Å². The molecule has 3 heterocycles. The number of anilines is 1. The fraction of sp³-hybridized carbons (Fsp3) is 0.389. The third-order valence-corrected chi connectivity index (χ3v) is 9.02. The summed E-state index contributed by atoms with van der Waals surface area (Å²) in [7, 11) is 0. The molecule has 0 aliphatic carbocycles. The van der Waals surface area contributed by atoms with Crippen molar-refractivity contribution in [2.45, 2.75) is 89.2 Å². The highest BCUT2D eigenvalue weighted by Gasteiger charge is 2.50. The largest absolute Gasteiger partial charge is 0.480 e. The Balaban J connectivity index is 1.36. The van der Waals surface area contributed by atoms with Crippen molar-refractivity contribution in [3.05, 3.63) is 101 Å². The van der Waals surface area contributed by atoms with Crippen LogP contribution in [0.1, 0.15) is 55.9 Å². The van der Waals surface area contributed by atoms with Crippen LogP contribution in [0.25, 0.3) is 0 Å². The molecule has 4 atom stereocenters. The first kappa shape index (κ1) is 30.4. The molecule has 1 N–H and O–H groups in total. The number of benzene rings is 3. The zero-order valence-corrected chi connectivity index (χ0v) is 25.9. The van der Waals surface area contributed by atoms with Crippen molar-refractivity contribution >= 4 is 29.6 Å². The van der Waals surface area contributed by atoms with E-state index in [4.69, 9.17) is 4.74 Å². The maximum Gasteiger partial charge on any atom is 0.415 e. The minimum Gasteiger partial charge on any atom is -0.480 e. The van der Waals surface area contributed by atoms with Gasteiger partial charge in [-0.3, -0.25) is 14.5 Å². The number of carbonyl (C=O) groups excluding carboxylic acids is 3. The molecule has 0 saturated carbocycles. The van der Waals surface area contributed by atoms with Crippen LogP contribution in [0.5, 0.6) is 0 Å². The molecule has 3 amide bonds. The van der Waals surface area contributed by atoms with E-state index in [0.717, 1.165) is 22.3 Å². The van der Waals surface area contributed by atoms with Gasteiger partial charge in [-0.05, 0) is 68.4 Å². The van der Waals surface area contributed by atoms with Crippen molar-refractivity contribution < 1.29 is 29.0 Å². The second-order valence-electron chi connectivity index (χ2n) is 13.2. The molecule has 0 unspecified atom stereocenters. The van der Waals surface area contributed by atoms with Gasteiger partial charge >= 0.3 is 12.1 Å². The number of rotatable bonds is 5. The van der Waals surface area contributed by atoms with Gasteiger partial charge in [0, 0.05) is 25.4 Å². The van der Waals surface area contributed by atoms with Gasteiger partial charge in [-0.2, -0.15) is 0 Å². The first-order chi connectivity index (χ1) is 21.5. The van der Waals surface area contributed by atoms with Crippen LogP contribution in [0.4, 0.5) is 10.5 Å². The van der Waals surface area contributed by atoms with Crippen LogP contribution in [0.2, 0.25) is 0 Å². The second-order valence-corrected chi connectivity index (χ2v) is 13.2. The zero-order chi connectivity index (χ0) is 31.9. The number of hydrogen-bond acceptors (Lipinski definition) is 5. The number of carboxylic acid groups (broad SMARTS) is 1. The lowest BCUT2D eigenvalue weighted by Crippen LogP contribution is -2.59. The summed E-state index contributed by atoms with van der Waals surface area (Å²) in [5.74, 6) is -1.78. The SMILES string of the molecule is CC(C)(C)OC(=O)N1c2ccccc2C[C@@H]1C(=O)N1[C@H](Cc2ccccc2)CC[C@@H]1C(=O)N1Cc2ccccc2C[C@@H]1C(=O)O. The van der Waals surface area contributed by atoms with E-state index in [1.807, 2.05) is 78.9 Å².